The number of aryl methyl sites for hydroxylation is 1. The molecule has 0 saturated heterocycles. The van der Waals surface area contributed by atoms with Gasteiger partial charge in [0.05, 0.1) is 10.5 Å². The van der Waals surface area contributed by atoms with Crippen LogP contribution in [0.5, 0.6) is 0 Å². The Morgan fingerprint density at radius 3 is 2.50 bits per heavy atom. The van der Waals surface area contributed by atoms with Crippen molar-refractivity contribution in [1.29, 1.82) is 0 Å². The van der Waals surface area contributed by atoms with Gasteiger partial charge in [0, 0.05) is 11.3 Å². The molecule has 0 bridgehead atoms. The highest BCUT2D eigenvalue weighted by atomic mass is 35.5. The van der Waals surface area contributed by atoms with Crippen molar-refractivity contribution in [3.8, 4) is 0 Å². The molecule has 9 heteroatoms. The molecule has 2 aromatic rings. The summed E-state index contributed by atoms with van der Waals surface area (Å²) in [6, 6.07) is 3.61. The SMILES string of the molecule is O=S(=O)(c1cccc(C(F)(F)F)c1)c1nc(Cl)nc2c1CCCC2. The van der Waals surface area contributed by atoms with Crippen molar-refractivity contribution in [2.45, 2.75) is 41.8 Å². The van der Waals surface area contributed by atoms with E-state index in [9.17, 15) is 21.6 Å². The standard InChI is InChI=1S/C15H12ClF3N2O2S/c16-14-20-12-7-2-1-6-11(12)13(21-14)24(22,23)10-5-3-4-9(8-10)15(17,18)19/h3-5,8H,1-2,6-7H2. The lowest BCUT2D eigenvalue weighted by Crippen LogP contribution is -2.16. The van der Waals surface area contributed by atoms with Crippen LogP contribution in [0.2, 0.25) is 5.28 Å². The highest BCUT2D eigenvalue weighted by Gasteiger charge is 2.33. The minimum absolute atomic E-state index is 0.221. The van der Waals surface area contributed by atoms with Gasteiger partial charge in [0.1, 0.15) is 0 Å². The summed E-state index contributed by atoms with van der Waals surface area (Å²) >= 11 is 5.81. The molecule has 0 amide bonds. The Morgan fingerprint density at radius 1 is 1.08 bits per heavy atom. The summed E-state index contributed by atoms with van der Waals surface area (Å²) in [7, 11) is -4.22. The van der Waals surface area contributed by atoms with E-state index in [0.717, 1.165) is 31.0 Å². The van der Waals surface area contributed by atoms with E-state index in [-0.39, 0.29) is 10.3 Å². The highest BCUT2D eigenvalue weighted by molar-refractivity contribution is 7.91. The van der Waals surface area contributed by atoms with Crippen LogP contribution in [0.25, 0.3) is 0 Å². The largest absolute Gasteiger partial charge is 0.416 e. The molecule has 1 aromatic heterocycles. The normalized spacial score (nSPS) is 15.2. The minimum atomic E-state index is -4.63. The van der Waals surface area contributed by atoms with Crippen molar-refractivity contribution in [2.75, 3.05) is 0 Å². The van der Waals surface area contributed by atoms with E-state index in [1.54, 1.807) is 0 Å². The maximum atomic E-state index is 12.9. The van der Waals surface area contributed by atoms with Gasteiger partial charge in [-0.05, 0) is 55.5 Å². The number of nitrogens with zero attached hydrogens (tertiary/aromatic N) is 2. The molecule has 0 fully saturated rings. The number of hydrogen-bond acceptors (Lipinski definition) is 4. The van der Waals surface area contributed by atoms with Gasteiger partial charge in [-0.1, -0.05) is 6.07 Å². The molecule has 1 heterocycles. The summed E-state index contributed by atoms with van der Waals surface area (Å²) in [6.45, 7) is 0. The number of benzene rings is 1. The Morgan fingerprint density at radius 2 is 1.79 bits per heavy atom. The third kappa shape index (κ3) is 3.12. The van der Waals surface area contributed by atoms with Crippen LogP contribution in [-0.4, -0.2) is 18.4 Å². The molecule has 4 nitrogen and oxygen atoms in total. The van der Waals surface area contributed by atoms with E-state index >= 15 is 0 Å². The first-order valence-electron chi connectivity index (χ1n) is 7.17. The maximum absolute atomic E-state index is 12.9. The van der Waals surface area contributed by atoms with Crippen LogP contribution in [0, 0.1) is 0 Å². The summed E-state index contributed by atoms with van der Waals surface area (Å²) in [5.74, 6) is 0. The fourth-order valence-electron chi connectivity index (χ4n) is 2.70. The fraction of sp³-hybridized carbons (Fsp3) is 0.333. The van der Waals surface area contributed by atoms with Gasteiger partial charge >= 0.3 is 6.18 Å². The second-order valence-corrected chi connectivity index (χ2v) is 7.66. The average molecular weight is 377 g/mol. The third-order valence-corrected chi connectivity index (χ3v) is 5.73. The molecular weight excluding hydrogens is 365 g/mol. The molecule has 0 N–H and O–H groups in total. The van der Waals surface area contributed by atoms with Crippen LogP contribution in [-0.2, 0) is 28.9 Å². The van der Waals surface area contributed by atoms with Crippen LogP contribution in [0.1, 0.15) is 29.7 Å². The number of rotatable bonds is 2. The molecule has 1 aliphatic carbocycles. The first-order valence-corrected chi connectivity index (χ1v) is 9.03. The maximum Gasteiger partial charge on any atom is 0.416 e. The van der Waals surface area contributed by atoms with Gasteiger partial charge < -0.3 is 0 Å². The predicted molar refractivity (Wildman–Crippen MR) is 80.6 cm³/mol. The van der Waals surface area contributed by atoms with Crippen LogP contribution in [0.3, 0.4) is 0 Å². The summed E-state index contributed by atoms with van der Waals surface area (Å²) in [6.07, 6.45) is -1.98. The molecule has 0 saturated carbocycles. The molecule has 128 valence electrons. The Bertz CT molecular complexity index is 898. The van der Waals surface area contributed by atoms with Gasteiger partial charge in [-0.15, -0.1) is 0 Å². The van der Waals surface area contributed by atoms with Gasteiger partial charge in [-0.3, -0.25) is 0 Å². The fourth-order valence-corrected chi connectivity index (χ4v) is 4.45. The average Bonchev–Trinajstić information content (AvgIpc) is 2.53. The quantitative estimate of drug-likeness (QED) is 0.590. The second-order valence-electron chi connectivity index (χ2n) is 5.46. The zero-order chi connectivity index (χ0) is 17.5. The predicted octanol–water partition coefficient (Wildman–Crippen LogP) is 3.86. The topological polar surface area (TPSA) is 59.9 Å². The summed E-state index contributed by atoms with van der Waals surface area (Å²) in [5, 5.41) is -0.516. The van der Waals surface area contributed by atoms with Gasteiger partial charge in [0.2, 0.25) is 15.1 Å². The van der Waals surface area contributed by atoms with E-state index in [1.807, 2.05) is 0 Å². The lowest BCUT2D eigenvalue weighted by atomic mass is 9.98. The van der Waals surface area contributed by atoms with Gasteiger partial charge in [0.25, 0.3) is 0 Å². The van der Waals surface area contributed by atoms with Crippen LogP contribution < -0.4 is 0 Å². The molecular formula is C15H12ClF3N2O2S. The number of alkyl halides is 3. The summed E-state index contributed by atoms with van der Waals surface area (Å²) in [5.41, 5.74) is -0.0348. The van der Waals surface area contributed by atoms with Crippen molar-refractivity contribution in [2.24, 2.45) is 0 Å². The van der Waals surface area contributed by atoms with Gasteiger partial charge in [-0.25, -0.2) is 18.4 Å². The van der Waals surface area contributed by atoms with Crippen molar-refractivity contribution < 1.29 is 21.6 Å². The Labute approximate surface area is 141 Å². The first kappa shape index (κ1) is 17.2. The molecule has 1 aliphatic rings. The lowest BCUT2D eigenvalue weighted by molar-refractivity contribution is -0.137. The number of halogens is 4. The first-order chi connectivity index (χ1) is 11.2. The lowest BCUT2D eigenvalue weighted by Gasteiger charge is -2.18. The zero-order valence-corrected chi connectivity index (χ0v) is 13.8. The Kier molecular flexibility index (Phi) is 4.29. The number of aromatic nitrogens is 2. The minimum Gasteiger partial charge on any atom is -0.223 e. The van der Waals surface area contributed by atoms with Crippen molar-refractivity contribution in [3.63, 3.8) is 0 Å². The molecule has 1 aromatic carbocycles. The Hall–Kier alpha value is -1.67. The molecule has 3 rings (SSSR count). The van der Waals surface area contributed by atoms with Crippen LogP contribution >= 0.6 is 11.6 Å². The van der Waals surface area contributed by atoms with E-state index in [4.69, 9.17) is 11.6 Å². The number of fused-ring (bicyclic) bond motifs is 1. The highest BCUT2D eigenvalue weighted by Crippen LogP contribution is 2.34. The second kappa shape index (κ2) is 6.00. The van der Waals surface area contributed by atoms with E-state index < -0.39 is 26.5 Å². The summed E-state index contributed by atoms with van der Waals surface area (Å²) < 4.78 is 64.2. The molecule has 0 atom stereocenters. The smallest absolute Gasteiger partial charge is 0.223 e. The molecule has 0 spiro atoms. The van der Waals surface area contributed by atoms with E-state index in [2.05, 4.69) is 9.97 Å². The van der Waals surface area contributed by atoms with E-state index in [0.29, 0.717) is 30.2 Å². The van der Waals surface area contributed by atoms with Gasteiger partial charge in [-0.2, -0.15) is 13.2 Å². The number of sulfone groups is 1. The monoisotopic (exact) mass is 376 g/mol. The number of hydrogen-bond donors (Lipinski definition) is 0. The van der Waals surface area contributed by atoms with Crippen molar-refractivity contribution >= 4 is 21.4 Å². The van der Waals surface area contributed by atoms with Crippen LogP contribution in [0.4, 0.5) is 13.2 Å². The molecule has 0 unspecified atom stereocenters. The van der Waals surface area contributed by atoms with Crippen molar-refractivity contribution in [3.05, 3.63) is 46.4 Å². The molecule has 0 radical (unpaired) electrons. The molecule has 0 aliphatic heterocycles. The van der Waals surface area contributed by atoms with Gasteiger partial charge in [0.15, 0.2) is 5.03 Å². The summed E-state index contributed by atoms with van der Waals surface area (Å²) in [4.78, 5) is 7.40. The zero-order valence-electron chi connectivity index (χ0n) is 12.3. The van der Waals surface area contributed by atoms with E-state index in [1.165, 1.54) is 0 Å². The molecule has 24 heavy (non-hydrogen) atoms. The van der Waals surface area contributed by atoms with Crippen molar-refractivity contribution in [1.82, 2.24) is 9.97 Å². The third-order valence-electron chi connectivity index (χ3n) is 3.84. The Balaban J connectivity index is 2.18. The van der Waals surface area contributed by atoms with Crippen LogP contribution in [0.15, 0.2) is 34.2 Å².